The average Bonchev–Trinajstić information content (AvgIpc) is 3.37. The Balaban J connectivity index is 0.000000314. The summed E-state index contributed by atoms with van der Waals surface area (Å²) in [6.45, 7) is 7.58. The molecule has 3 aromatic carbocycles. The van der Waals surface area contributed by atoms with Gasteiger partial charge in [0.05, 0.1) is 20.7 Å². The first-order chi connectivity index (χ1) is 35.7. The summed E-state index contributed by atoms with van der Waals surface area (Å²) in [5, 5.41) is 62.8. The number of aliphatic carboxylic acids is 1. The maximum Gasteiger partial charge on any atom is 0.513 e. The Morgan fingerprint density at radius 3 is 1.52 bits per heavy atom. The average molecular weight is 1110 g/mol. The van der Waals surface area contributed by atoms with Gasteiger partial charge in [-0.25, -0.2) is 14.8 Å². The highest BCUT2D eigenvalue weighted by Gasteiger charge is 2.20. The number of carboxylic acids is 1. The van der Waals surface area contributed by atoms with E-state index >= 15 is 0 Å². The molecule has 75 heavy (non-hydrogen) atoms. The lowest BCUT2D eigenvalue weighted by Gasteiger charge is -2.17. The molecule has 0 saturated heterocycles. The lowest BCUT2D eigenvalue weighted by Crippen LogP contribution is -2.35. The Hall–Kier alpha value is -7.16. The lowest BCUT2D eigenvalue weighted by atomic mass is 9.91. The van der Waals surface area contributed by atoms with Crippen LogP contribution in [0.25, 0.3) is 0 Å². The van der Waals surface area contributed by atoms with Crippen LogP contribution in [0.2, 0.25) is 0 Å². The number of phenolic OH excluding ortho intramolecular Hbond substituents is 2. The number of hydrogen-bond donors (Lipinski definition) is 4. The largest absolute Gasteiger partial charge is 0.513 e. The van der Waals surface area contributed by atoms with Crippen molar-refractivity contribution in [2.75, 3.05) is 31.3 Å². The van der Waals surface area contributed by atoms with E-state index in [9.17, 15) is 54.6 Å². The molecule has 4 N–H and O–H groups in total. The molecule has 0 aliphatic heterocycles. The Morgan fingerprint density at radius 1 is 0.627 bits per heavy atom. The van der Waals surface area contributed by atoms with Crippen molar-refractivity contribution in [1.29, 1.82) is 0 Å². The summed E-state index contributed by atoms with van der Waals surface area (Å²) in [5.74, 6) is -0.0866. The second kappa shape index (κ2) is 33.6. The van der Waals surface area contributed by atoms with Crippen LogP contribution in [0.3, 0.4) is 0 Å². The molecule has 402 valence electrons. The number of aromatic hydroxyl groups is 2. The summed E-state index contributed by atoms with van der Waals surface area (Å²) in [7, 11) is 4.77. The Kier molecular flexibility index (Phi) is 27.9. The van der Waals surface area contributed by atoms with Gasteiger partial charge in [0.25, 0.3) is 5.69 Å². The van der Waals surface area contributed by atoms with Gasteiger partial charge in [-0.15, -0.1) is 0 Å². The highest BCUT2D eigenvalue weighted by atomic mass is 33.1. The molecule has 0 fully saturated rings. The van der Waals surface area contributed by atoms with Gasteiger partial charge in [0.15, 0.2) is 10.1 Å². The molecule has 1 amide bonds. The number of carbonyl (C=O) groups excluding carboxylic acids is 3. The zero-order chi connectivity index (χ0) is 55.3. The molecule has 0 radical (unpaired) electrons. The summed E-state index contributed by atoms with van der Waals surface area (Å²) in [4.78, 5) is 85.0. The minimum Gasteiger partial charge on any atom is -0.508 e. The Bertz CT molecular complexity index is 2640. The van der Waals surface area contributed by atoms with Gasteiger partial charge >= 0.3 is 29.5 Å². The molecule has 4 atom stereocenters. The molecule has 2 aromatic heterocycles. The summed E-state index contributed by atoms with van der Waals surface area (Å²) in [6.07, 6.45) is 4.95. The number of carbonyl (C=O) groups is 4. The zero-order valence-corrected chi connectivity index (χ0v) is 44.3. The predicted molar refractivity (Wildman–Crippen MR) is 285 cm³/mol. The second-order valence-electron chi connectivity index (χ2n) is 16.4. The number of esters is 1. The van der Waals surface area contributed by atoms with Gasteiger partial charge in [-0.1, -0.05) is 73.5 Å². The van der Waals surface area contributed by atoms with Crippen LogP contribution in [-0.4, -0.2) is 95.3 Å². The third kappa shape index (κ3) is 25.1. The van der Waals surface area contributed by atoms with Crippen LogP contribution in [0.1, 0.15) is 51.7 Å². The Morgan fingerprint density at radius 2 is 1.08 bits per heavy atom. The van der Waals surface area contributed by atoms with Crippen molar-refractivity contribution in [3.05, 3.63) is 151 Å². The predicted octanol–water partition coefficient (Wildman–Crippen LogP) is 10.5. The number of phenols is 2. The van der Waals surface area contributed by atoms with Gasteiger partial charge in [-0.3, -0.25) is 44.7 Å². The summed E-state index contributed by atoms with van der Waals surface area (Å²) < 4.78 is 14.8. The van der Waals surface area contributed by atoms with Crippen molar-refractivity contribution in [2.45, 2.75) is 63.4 Å². The third-order valence-corrected chi connectivity index (χ3v) is 14.6. The molecule has 5 aromatic rings. The normalized spacial score (nSPS) is 12.1. The number of aromatic nitrogens is 2. The molecule has 2 heterocycles. The zero-order valence-electron chi connectivity index (χ0n) is 41.1. The smallest absolute Gasteiger partial charge is 0.508 e. The van der Waals surface area contributed by atoms with Crippen molar-refractivity contribution in [3.63, 3.8) is 0 Å². The molecule has 5 rings (SSSR count). The Labute approximate surface area is 447 Å². The van der Waals surface area contributed by atoms with Crippen LogP contribution < -0.4 is 10.1 Å². The van der Waals surface area contributed by atoms with Gasteiger partial charge in [0, 0.05) is 54.1 Å². The lowest BCUT2D eigenvalue weighted by molar-refractivity contribution is -0.388. The molecule has 0 bridgehead atoms. The van der Waals surface area contributed by atoms with E-state index in [0.29, 0.717) is 35.3 Å². The quantitative estimate of drug-likeness (QED) is 0.00998. The van der Waals surface area contributed by atoms with E-state index in [1.54, 1.807) is 31.2 Å². The van der Waals surface area contributed by atoms with Crippen LogP contribution >= 0.6 is 43.2 Å². The van der Waals surface area contributed by atoms with Crippen LogP contribution in [0.4, 0.5) is 21.9 Å². The van der Waals surface area contributed by atoms with Gasteiger partial charge in [0.1, 0.15) is 37.0 Å². The van der Waals surface area contributed by atoms with E-state index in [1.807, 2.05) is 38.1 Å². The fraction of sp³-hybridized carbons (Fsp3) is 0.347. The number of nitro groups is 3. The van der Waals surface area contributed by atoms with E-state index in [2.05, 4.69) is 22.2 Å². The molecule has 0 spiro atoms. The number of nitrogens with zero attached hydrogens (tertiary/aromatic N) is 5. The standard InChI is InChI=1S/C22H27N3O6S2.C14H11N3O7S2.C13H18O3/c1-15(13-17-5-7-18(26)8-6-17)12-16(2)21(28)24-14-20(27)31-10-11-32-33-22-19(25(29)30)4-3-9-23-22;18-14(24-11-5-3-10(4-6-11)16(19)20)23-8-9-25-26-13-12(17(21)22)2-1-7-15-13;1-9(7-10(2)13(15)16)8-11-3-5-12(14)6-4-11/h3-9,15-16,26H,10-14H2,1-2H3,(H,24,28);1-7H,8-9H2;3-6,9-10,14H,7-8H2,1-2H3,(H,15,16)/t15-,16+;;9-,10+/m1.1/s1. The van der Waals surface area contributed by atoms with Gasteiger partial charge in [0.2, 0.25) is 5.91 Å². The van der Waals surface area contributed by atoms with Gasteiger partial charge in [-0.2, -0.15) is 0 Å². The molecule has 0 aliphatic rings. The number of non-ortho nitro benzene ring substituents is 1. The van der Waals surface area contributed by atoms with Gasteiger partial charge < -0.3 is 34.8 Å². The molecule has 22 nitrogen and oxygen atoms in total. The number of pyridine rings is 2. The minimum absolute atomic E-state index is 0.0180. The second-order valence-corrected chi connectivity index (χ2v) is 21.2. The van der Waals surface area contributed by atoms with Crippen LogP contribution in [0.15, 0.2) is 120 Å². The molecule has 26 heteroatoms. The number of hydrogen-bond acceptors (Lipinski definition) is 21. The maximum atomic E-state index is 12.3. The summed E-state index contributed by atoms with van der Waals surface area (Å²) in [5.41, 5.74) is 1.93. The molecular formula is C49H56N6O16S4. The van der Waals surface area contributed by atoms with E-state index in [-0.39, 0.29) is 82.8 Å². The number of amides is 1. The maximum absolute atomic E-state index is 12.3. The SMILES string of the molecule is C[C@@H](Cc1ccc(O)cc1)C[C@H](C)C(=O)NCC(=O)OCCSSc1ncccc1[N+](=O)[O-].C[C@@H](Cc1ccc(O)cc1)C[C@H](C)C(=O)O.O=C(OCCSSc1ncccc1[N+](=O)[O-])Oc1ccc([N+](=O)[O-])cc1. The first-order valence-electron chi connectivity index (χ1n) is 22.8. The fourth-order valence-electron chi connectivity index (χ4n) is 6.51. The van der Waals surface area contributed by atoms with Gasteiger partial charge in [-0.05, 0) is 119 Å². The minimum atomic E-state index is -0.951. The number of rotatable bonds is 26. The summed E-state index contributed by atoms with van der Waals surface area (Å²) >= 11 is 0. The van der Waals surface area contributed by atoms with Crippen LogP contribution in [0, 0.1) is 54.0 Å². The van der Waals surface area contributed by atoms with Crippen molar-refractivity contribution in [1.82, 2.24) is 15.3 Å². The third-order valence-electron chi connectivity index (χ3n) is 10.1. The molecule has 0 aliphatic carbocycles. The molecular weight excluding hydrogens is 1060 g/mol. The fourth-order valence-corrected chi connectivity index (χ4v) is 10.2. The first-order valence-corrected chi connectivity index (χ1v) is 27.4. The highest BCUT2D eigenvalue weighted by molar-refractivity contribution is 8.77. The first kappa shape index (κ1) is 62.1. The van der Waals surface area contributed by atoms with Crippen molar-refractivity contribution in [3.8, 4) is 17.2 Å². The van der Waals surface area contributed by atoms with Crippen molar-refractivity contribution < 1.29 is 63.5 Å². The monoisotopic (exact) mass is 1110 g/mol. The van der Waals surface area contributed by atoms with E-state index in [1.165, 1.54) is 82.5 Å². The number of benzene rings is 3. The molecule has 0 saturated carbocycles. The van der Waals surface area contributed by atoms with E-state index < -0.39 is 32.9 Å². The van der Waals surface area contributed by atoms with E-state index in [0.717, 1.165) is 45.6 Å². The highest BCUT2D eigenvalue weighted by Crippen LogP contribution is 2.36. The van der Waals surface area contributed by atoms with Crippen molar-refractivity contribution in [2.24, 2.45) is 23.7 Å². The number of nitrogens with one attached hydrogen (secondary N) is 1. The number of nitro benzene ring substituents is 1. The van der Waals surface area contributed by atoms with Crippen LogP contribution in [-0.2, 0) is 36.7 Å². The number of carboxylic acid groups (broad SMARTS) is 1. The van der Waals surface area contributed by atoms with E-state index in [4.69, 9.17) is 24.4 Å². The number of ether oxygens (including phenoxy) is 3. The topological polar surface area (TPSA) is 324 Å². The molecule has 0 unspecified atom stereocenters. The van der Waals surface area contributed by atoms with Crippen molar-refractivity contribution >= 4 is 84.2 Å². The summed E-state index contributed by atoms with van der Waals surface area (Å²) in [6, 6.07) is 24.7. The van der Waals surface area contributed by atoms with Crippen LogP contribution in [0.5, 0.6) is 17.2 Å².